The number of carbonyl (C=O) groups excluding carboxylic acids is 1. The van der Waals surface area contributed by atoms with Crippen LogP contribution in [0.1, 0.15) is 41.2 Å². The van der Waals surface area contributed by atoms with Crippen LogP contribution in [-0.4, -0.2) is 15.7 Å². The van der Waals surface area contributed by atoms with E-state index >= 15 is 0 Å². The van der Waals surface area contributed by atoms with Gasteiger partial charge in [-0.05, 0) is 73.8 Å². The van der Waals surface area contributed by atoms with Gasteiger partial charge < -0.3 is 5.32 Å². The van der Waals surface area contributed by atoms with Crippen molar-refractivity contribution in [2.45, 2.75) is 48.9 Å². The Hall–Kier alpha value is -1.83. The summed E-state index contributed by atoms with van der Waals surface area (Å²) in [4.78, 5) is 27.1. The third-order valence-corrected chi connectivity index (χ3v) is 10.9. The number of nitrogens with zero attached hydrogens (tertiary/aromatic N) is 1. The molecule has 2 aliphatic carbocycles. The van der Waals surface area contributed by atoms with Crippen molar-refractivity contribution >= 4 is 50.6 Å². The van der Waals surface area contributed by atoms with E-state index in [1.54, 1.807) is 4.57 Å². The molecule has 0 spiro atoms. The molecule has 0 radical (unpaired) electrons. The number of hydrogen-bond acceptors (Lipinski definition) is 4. The first-order chi connectivity index (χ1) is 16.0. The molecule has 1 N–H and O–H groups in total. The molecule has 6 rings (SSSR count). The van der Waals surface area contributed by atoms with Crippen LogP contribution in [0.2, 0.25) is 0 Å². The molecule has 1 amide bonds. The van der Waals surface area contributed by atoms with E-state index in [0.717, 1.165) is 37.5 Å². The zero-order valence-electron chi connectivity index (χ0n) is 18.3. The predicted molar refractivity (Wildman–Crippen MR) is 138 cm³/mol. The molecule has 2 aromatic carbocycles. The summed E-state index contributed by atoms with van der Waals surface area (Å²) < 4.78 is 2.79. The molecule has 4 nitrogen and oxygen atoms in total. The van der Waals surface area contributed by atoms with Crippen molar-refractivity contribution in [2.24, 2.45) is 17.8 Å². The fourth-order valence-electron chi connectivity index (χ4n) is 6.11. The number of anilines is 1. The summed E-state index contributed by atoms with van der Waals surface area (Å²) in [6.45, 7) is 2.08. The van der Waals surface area contributed by atoms with Gasteiger partial charge in [-0.15, -0.1) is 11.8 Å². The van der Waals surface area contributed by atoms with Crippen LogP contribution in [-0.2, 0) is 11.3 Å². The molecular formula is C26H25BrN2O2S2. The monoisotopic (exact) mass is 540 g/mol. The number of carbonyl (C=O) groups is 1. The van der Waals surface area contributed by atoms with Crippen LogP contribution in [0.4, 0.5) is 5.69 Å². The number of thioether (sulfide) groups is 1. The second-order valence-corrected chi connectivity index (χ2v) is 12.6. The number of fused-ring (bicyclic) bond motifs is 6. The second kappa shape index (κ2) is 8.43. The van der Waals surface area contributed by atoms with Gasteiger partial charge in [0.15, 0.2) is 0 Å². The number of aryl methyl sites for hydroxylation is 1. The Morgan fingerprint density at radius 1 is 1.09 bits per heavy atom. The fraction of sp³-hybridized carbons (Fsp3) is 0.385. The minimum atomic E-state index is -0.155. The van der Waals surface area contributed by atoms with Gasteiger partial charge in [0.1, 0.15) is 6.54 Å². The maximum atomic E-state index is 13.1. The van der Waals surface area contributed by atoms with Gasteiger partial charge in [0.05, 0.1) is 5.03 Å². The van der Waals surface area contributed by atoms with Crippen LogP contribution in [0, 0.1) is 24.7 Å². The van der Waals surface area contributed by atoms with E-state index in [4.69, 9.17) is 0 Å². The van der Waals surface area contributed by atoms with E-state index in [1.807, 2.05) is 43.0 Å². The van der Waals surface area contributed by atoms with Crippen molar-refractivity contribution in [1.82, 2.24) is 4.57 Å². The number of benzene rings is 2. The maximum Gasteiger partial charge on any atom is 0.308 e. The maximum absolute atomic E-state index is 13.1. The van der Waals surface area contributed by atoms with E-state index in [2.05, 4.69) is 45.5 Å². The highest BCUT2D eigenvalue weighted by Crippen LogP contribution is 2.64. The van der Waals surface area contributed by atoms with Gasteiger partial charge in [-0.25, -0.2) is 0 Å². The second-order valence-electron chi connectivity index (χ2n) is 9.56. The summed E-state index contributed by atoms with van der Waals surface area (Å²) in [7, 11) is 0. The smallest absolute Gasteiger partial charge is 0.308 e. The topological polar surface area (TPSA) is 51.1 Å². The highest BCUT2D eigenvalue weighted by atomic mass is 79.9. The number of aromatic nitrogens is 1. The molecule has 2 heterocycles. The summed E-state index contributed by atoms with van der Waals surface area (Å²) >= 11 is 6.78. The lowest BCUT2D eigenvalue weighted by atomic mass is 9.75. The SMILES string of the molecule is Cc1ccc(NC(=O)Cn2c3c(sc2=O)[C@@H](c2ccc(Br)cc2)[C@@H]2[C@H]4CC[C@@H](C4)[C@H]2S3)cc1. The normalized spacial score (nSPS) is 27.3. The molecule has 2 saturated carbocycles. The van der Waals surface area contributed by atoms with Crippen LogP contribution in [0.25, 0.3) is 0 Å². The minimum Gasteiger partial charge on any atom is -0.325 e. The Kier molecular flexibility index (Phi) is 5.54. The standard InChI is InChI=1S/C26H25BrN2O2S2/c1-14-2-10-19(11-3-14)28-20(30)13-29-25-24(33-26(29)31)21(15-6-8-18(27)9-7-15)22-16-4-5-17(12-16)23(22)32-25/h2-3,6-11,16-17,21-23H,4-5,12-13H2,1H3,(H,28,30)/t16-,17-,21-,22-,23+/m0/s1. The van der Waals surface area contributed by atoms with Crippen LogP contribution in [0.15, 0.2) is 62.8 Å². The zero-order chi connectivity index (χ0) is 22.7. The van der Waals surface area contributed by atoms with Gasteiger partial charge in [-0.1, -0.05) is 57.1 Å². The molecule has 3 aliphatic rings. The summed E-state index contributed by atoms with van der Waals surface area (Å²) in [6, 6.07) is 16.4. The molecule has 0 unspecified atom stereocenters. The van der Waals surface area contributed by atoms with Gasteiger partial charge in [0, 0.05) is 26.2 Å². The Labute approximate surface area is 209 Å². The molecule has 7 heteroatoms. The number of nitrogens with one attached hydrogen (secondary N) is 1. The molecule has 3 aromatic rings. The number of thiazole rings is 1. The number of rotatable bonds is 4. The zero-order valence-corrected chi connectivity index (χ0v) is 21.5. The van der Waals surface area contributed by atoms with Crippen molar-refractivity contribution in [3.63, 3.8) is 0 Å². The molecule has 5 atom stereocenters. The highest BCUT2D eigenvalue weighted by Gasteiger charge is 2.55. The van der Waals surface area contributed by atoms with Crippen molar-refractivity contribution in [1.29, 1.82) is 0 Å². The Balaban J connectivity index is 1.36. The molecule has 1 aliphatic heterocycles. The van der Waals surface area contributed by atoms with Crippen LogP contribution >= 0.6 is 39.0 Å². The summed E-state index contributed by atoms with van der Waals surface area (Å²) in [5.74, 6) is 2.13. The van der Waals surface area contributed by atoms with E-state index in [-0.39, 0.29) is 23.2 Å². The third kappa shape index (κ3) is 3.82. The molecular weight excluding hydrogens is 516 g/mol. The third-order valence-electron chi connectivity index (χ3n) is 7.56. The van der Waals surface area contributed by atoms with Gasteiger partial charge in [0.2, 0.25) is 5.91 Å². The van der Waals surface area contributed by atoms with E-state index in [1.165, 1.54) is 36.2 Å². The Bertz CT molecular complexity index is 1260. The Morgan fingerprint density at radius 3 is 2.58 bits per heavy atom. The highest BCUT2D eigenvalue weighted by molar-refractivity contribution is 9.10. The van der Waals surface area contributed by atoms with Crippen LogP contribution in [0.5, 0.6) is 0 Å². The summed E-state index contributed by atoms with van der Waals surface area (Å²) in [6.07, 6.45) is 3.91. The summed E-state index contributed by atoms with van der Waals surface area (Å²) in [5, 5.41) is 4.51. The lowest BCUT2D eigenvalue weighted by Crippen LogP contribution is -2.34. The van der Waals surface area contributed by atoms with Gasteiger partial charge in [-0.3, -0.25) is 14.2 Å². The number of amides is 1. The number of halogens is 1. The van der Waals surface area contributed by atoms with Gasteiger partial charge in [0.25, 0.3) is 0 Å². The average molecular weight is 542 g/mol. The Morgan fingerprint density at radius 2 is 1.82 bits per heavy atom. The lowest BCUT2D eigenvalue weighted by molar-refractivity contribution is -0.116. The van der Waals surface area contributed by atoms with Crippen molar-refractivity contribution in [3.05, 3.63) is 78.7 Å². The molecule has 170 valence electrons. The quantitative estimate of drug-likeness (QED) is 0.424. The first-order valence-corrected chi connectivity index (χ1v) is 14.0. The first-order valence-electron chi connectivity index (χ1n) is 11.5. The molecule has 0 saturated heterocycles. The van der Waals surface area contributed by atoms with E-state index in [0.29, 0.717) is 11.2 Å². The van der Waals surface area contributed by atoms with Gasteiger partial charge in [-0.2, -0.15) is 0 Å². The minimum absolute atomic E-state index is 0.0269. The fourth-order valence-corrected chi connectivity index (χ4v) is 9.53. The van der Waals surface area contributed by atoms with Crippen LogP contribution in [0.3, 0.4) is 0 Å². The average Bonchev–Trinajstić information content (AvgIpc) is 3.49. The van der Waals surface area contributed by atoms with Gasteiger partial charge >= 0.3 is 4.87 Å². The molecule has 33 heavy (non-hydrogen) atoms. The lowest BCUT2D eigenvalue weighted by Gasteiger charge is -2.40. The summed E-state index contributed by atoms with van der Waals surface area (Å²) in [5.41, 5.74) is 3.20. The predicted octanol–water partition coefficient (Wildman–Crippen LogP) is 6.27. The number of hydrogen-bond donors (Lipinski definition) is 1. The van der Waals surface area contributed by atoms with E-state index in [9.17, 15) is 9.59 Å². The first kappa shape index (κ1) is 21.7. The molecule has 2 fully saturated rings. The van der Waals surface area contributed by atoms with E-state index < -0.39 is 0 Å². The van der Waals surface area contributed by atoms with Crippen molar-refractivity contribution < 1.29 is 4.79 Å². The molecule has 2 bridgehead atoms. The van der Waals surface area contributed by atoms with Crippen molar-refractivity contribution in [2.75, 3.05) is 5.32 Å². The molecule has 1 aromatic heterocycles. The van der Waals surface area contributed by atoms with Crippen LogP contribution < -0.4 is 10.2 Å². The van der Waals surface area contributed by atoms with Crippen molar-refractivity contribution in [3.8, 4) is 0 Å². The largest absolute Gasteiger partial charge is 0.325 e.